The highest BCUT2D eigenvalue weighted by atomic mass is 32.1. The van der Waals surface area contributed by atoms with Crippen LogP contribution in [-0.4, -0.2) is 18.1 Å². The molecule has 0 unspecified atom stereocenters. The van der Waals surface area contributed by atoms with Crippen molar-refractivity contribution in [2.24, 2.45) is 0 Å². The van der Waals surface area contributed by atoms with E-state index in [4.69, 9.17) is 0 Å². The van der Waals surface area contributed by atoms with E-state index in [1.54, 1.807) is 13.3 Å². The summed E-state index contributed by atoms with van der Waals surface area (Å²) >= 11 is 1.46. The van der Waals surface area contributed by atoms with Gasteiger partial charge in [-0.1, -0.05) is 13.8 Å². The highest BCUT2D eigenvalue weighted by Gasteiger charge is 1.59. The van der Waals surface area contributed by atoms with Gasteiger partial charge < -0.3 is 4.74 Å². The van der Waals surface area contributed by atoms with Crippen molar-refractivity contribution in [3.63, 3.8) is 0 Å². The molecule has 0 aliphatic heterocycles. The van der Waals surface area contributed by atoms with Crippen LogP contribution in [0.25, 0.3) is 0 Å². The van der Waals surface area contributed by atoms with Crippen molar-refractivity contribution < 1.29 is 4.74 Å². The highest BCUT2D eigenvalue weighted by Crippen LogP contribution is 1.83. The first-order valence-electron chi connectivity index (χ1n) is 3.75. The summed E-state index contributed by atoms with van der Waals surface area (Å²) in [5.41, 5.74) is 0. The van der Waals surface area contributed by atoms with Crippen LogP contribution in [0.3, 0.4) is 0 Å². The molecule has 2 nitrogen and oxygen atoms in total. The lowest BCUT2D eigenvalue weighted by atomic mass is 10.8. The number of hydrogen-bond acceptors (Lipinski definition) is 3. The minimum absolute atomic E-state index is 0.819. The fraction of sp³-hybridized carbons (Fsp3) is 0.625. The third kappa shape index (κ3) is 17.7. The van der Waals surface area contributed by atoms with Crippen molar-refractivity contribution in [3.05, 3.63) is 17.6 Å². The normalized spacial score (nSPS) is 6.91. The number of ether oxygens (including phenoxy) is 1. The molecule has 0 saturated carbocycles. The summed E-state index contributed by atoms with van der Waals surface area (Å²) in [7, 11) is 1.68. The van der Waals surface area contributed by atoms with Crippen LogP contribution in [0.1, 0.15) is 20.8 Å². The van der Waals surface area contributed by atoms with E-state index in [9.17, 15) is 0 Å². The second-order valence-corrected chi connectivity index (χ2v) is 1.96. The lowest BCUT2D eigenvalue weighted by Crippen LogP contribution is -1.73. The molecule has 0 bridgehead atoms. The van der Waals surface area contributed by atoms with Gasteiger partial charge in [0, 0.05) is 25.3 Å². The van der Waals surface area contributed by atoms with Crippen LogP contribution in [-0.2, 0) is 4.74 Å². The molecule has 1 aromatic rings. The zero-order valence-electron chi connectivity index (χ0n) is 7.70. The van der Waals surface area contributed by atoms with Gasteiger partial charge in [0.1, 0.15) is 0 Å². The maximum atomic E-state index is 4.54. The predicted octanol–water partition coefficient (Wildman–Crippen LogP) is 2.82. The quantitative estimate of drug-likeness (QED) is 0.654. The van der Waals surface area contributed by atoms with E-state index in [1.807, 2.05) is 32.2 Å². The first-order valence-corrected chi connectivity index (χ1v) is 4.58. The maximum Gasteiger partial charge on any atom is 0.0433 e. The average Bonchev–Trinajstić information content (AvgIpc) is 2.65. The molecule has 0 saturated heterocycles. The molecule has 0 radical (unpaired) electrons. The Kier molecular flexibility index (Phi) is 19.6. The van der Waals surface area contributed by atoms with Crippen LogP contribution in [0, 0.1) is 0 Å². The van der Waals surface area contributed by atoms with Gasteiger partial charge >= 0.3 is 0 Å². The molecular formula is C8H17NOS. The highest BCUT2D eigenvalue weighted by molar-refractivity contribution is 7.03. The molecule has 1 rings (SSSR count). The molecule has 0 amide bonds. The zero-order chi connectivity index (χ0) is 8.95. The Morgan fingerprint density at radius 3 is 2.09 bits per heavy atom. The first-order chi connectivity index (χ1) is 5.41. The van der Waals surface area contributed by atoms with Gasteiger partial charge in [-0.2, -0.15) is 0 Å². The van der Waals surface area contributed by atoms with Crippen LogP contribution in [0.5, 0.6) is 0 Å². The number of aromatic nitrogens is 1. The molecule has 0 aromatic carbocycles. The first kappa shape index (κ1) is 13.2. The predicted molar refractivity (Wildman–Crippen MR) is 51.0 cm³/mol. The molecule has 0 N–H and O–H groups in total. The van der Waals surface area contributed by atoms with E-state index < -0.39 is 0 Å². The lowest BCUT2D eigenvalue weighted by molar-refractivity contribution is 0.215. The van der Waals surface area contributed by atoms with E-state index in [2.05, 4.69) is 9.11 Å². The number of methoxy groups -OCH3 is 1. The Hall–Kier alpha value is -0.410. The van der Waals surface area contributed by atoms with Gasteiger partial charge in [-0.3, -0.25) is 0 Å². The molecule has 3 heteroatoms. The summed E-state index contributed by atoms with van der Waals surface area (Å²) in [6.07, 6.45) is 1.77. The van der Waals surface area contributed by atoms with Crippen molar-refractivity contribution >= 4 is 11.5 Å². The molecule has 0 spiro atoms. The van der Waals surface area contributed by atoms with Gasteiger partial charge in [0.2, 0.25) is 0 Å². The molecule has 66 valence electrons. The van der Waals surface area contributed by atoms with Crippen molar-refractivity contribution in [3.8, 4) is 0 Å². The largest absolute Gasteiger partial charge is 0.385 e. The van der Waals surface area contributed by atoms with Crippen LogP contribution in [0.4, 0.5) is 0 Å². The third-order valence-electron chi connectivity index (χ3n) is 0.636. The lowest BCUT2D eigenvalue weighted by Gasteiger charge is -1.76. The minimum atomic E-state index is 0.819. The molecule has 0 aliphatic carbocycles. The molecule has 11 heavy (non-hydrogen) atoms. The fourth-order valence-electron chi connectivity index (χ4n) is 0.176. The number of nitrogens with zero attached hydrogens (tertiary/aromatic N) is 1. The van der Waals surface area contributed by atoms with Crippen LogP contribution < -0.4 is 0 Å². The fourth-order valence-corrected chi connectivity index (χ4v) is 0.527. The van der Waals surface area contributed by atoms with Gasteiger partial charge in [-0.25, -0.2) is 4.37 Å². The van der Waals surface area contributed by atoms with Crippen LogP contribution in [0.15, 0.2) is 17.6 Å². The SMILES string of the molecule is CC.CCOC.c1cnsc1. The zero-order valence-corrected chi connectivity index (χ0v) is 8.52. The van der Waals surface area contributed by atoms with Crippen LogP contribution >= 0.6 is 11.5 Å². The van der Waals surface area contributed by atoms with E-state index in [-0.39, 0.29) is 0 Å². The molecule has 1 aromatic heterocycles. The Labute approximate surface area is 73.4 Å². The Morgan fingerprint density at radius 1 is 1.45 bits per heavy atom. The molecular weight excluding hydrogens is 158 g/mol. The summed E-state index contributed by atoms with van der Waals surface area (Å²) in [4.78, 5) is 0. The van der Waals surface area contributed by atoms with E-state index >= 15 is 0 Å². The molecule has 0 fully saturated rings. The molecule has 1 heterocycles. The standard InChI is InChI=1S/C3H3NS.C3H8O.C2H6/c1-2-4-5-3-1;1-3-4-2;1-2/h1-3H;3H2,1-2H3;1-2H3. The van der Waals surface area contributed by atoms with Gasteiger partial charge in [0.25, 0.3) is 0 Å². The van der Waals surface area contributed by atoms with Gasteiger partial charge in [-0.05, 0) is 24.5 Å². The third-order valence-corrected chi connectivity index (χ3v) is 1.16. The second kappa shape index (κ2) is 16.3. The topological polar surface area (TPSA) is 22.1 Å². The van der Waals surface area contributed by atoms with E-state index in [0.717, 1.165) is 6.61 Å². The summed E-state index contributed by atoms with van der Waals surface area (Å²) in [6.45, 7) is 6.78. The Morgan fingerprint density at radius 2 is 2.00 bits per heavy atom. The van der Waals surface area contributed by atoms with E-state index in [1.165, 1.54) is 11.5 Å². The summed E-state index contributed by atoms with van der Waals surface area (Å²) in [5.74, 6) is 0. The van der Waals surface area contributed by atoms with Crippen LogP contribution in [0.2, 0.25) is 0 Å². The molecule has 0 atom stereocenters. The van der Waals surface area contributed by atoms with Crippen molar-refractivity contribution in [1.29, 1.82) is 0 Å². The summed E-state index contributed by atoms with van der Waals surface area (Å²) in [5, 5.41) is 1.93. The minimum Gasteiger partial charge on any atom is -0.385 e. The monoisotopic (exact) mass is 175 g/mol. The van der Waals surface area contributed by atoms with Gasteiger partial charge in [0.15, 0.2) is 0 Å². The average molecular weight is 175 g/mol. The molecule has 0 aliphatic rings. The Bertz CT molecular complexity index is 89.6. The van der Waals surface area contributed by atoms with E-state index in [0.29, 0.717) is 0 Å². The number of rotatable bonds is 1. The Balaban J connectivity index is 0. The summed E-state index contributed by atoms with van der Waals surface area (Å²) < 4.78 is 8.31. The van der Waals surface area contributed by atoms with Crippen molar-refractivity contribution in [2.75, 3.05) is 13.7 Å². The van der Waals surface area contributed by atoms with Crippen molar-refractivity contribution in [1.82, 2.24) is 4.37 Å². The second-order valence-electron chi connectivity index (χ2n) is 1.27. The number of hydrogen-bond donors (Lipinski definition) is 0. The maximum absolute atomic E-state index is 4.54. The van der Waals surface area contributed by atoms with Crippen molar-refractivity contribution in [2.45, 2.75) is 20.8 Å². The summed E-state index contributed by atoms with van der Waals surface area (Å²) in [6, 6.07) is 1.91. The van der Waals surface area contributed by atoms with Gasteiger partial charge in [0.05, 0.1) is 0 Å². The van der Waals surface area contributed by atoms with Gasteiger partial charge in [-0.15, -0.1) is 0 Å². The smallest absolute Gasteiger partial charge is 0.0433 e.